The lowest BCUT2D eigenvalue weighted by Crippen LogP contribution is -2.12. The number of nitrogens with one attached hydrogen (secondary N) is 1. The van der Waals surface area contributed by atoms with Crippen molar-refractivity contribution in [3.8, 4) is 5.88 Å². The lowest BCUT2D eigenvalue weighted by atomic mass is 10.0. The molecule has 4 rings (SSSR count). The fourth-order valence-corrected chi connectivity index (χ4v) is 3.15. The van der Waals surface area contributed by atoms with Crippen LogP contribution in [0.3, 0.4) is 0 Å². The van der Waals surface area contributed by atoms with Gasteiger partial charge >= 0.3 is 0 Å². The molecule has 0 aliphatic rings. The highest BCUT2D eigenvalue weighted by Crippen LogP contribution is 2.26. The number of hydrogen-bond acceptors (Lipinski definition) is 4. The second-order valence-electron chi connectivity index (χ2n) is 6.56. The van der Waals surface area contributed by atoms with Crippen LogP contribution in [0.25, 0.3) is 5.65 Å². The van der Waals surface area contributed by atoms with Crippen LogP contribution in [0.2, 0.25) is 5.02 Å². The number of halogens is 2. The zero-order valence-corrected chi connectivity index (χ0v) is 16.1. The topological polar surface area (TPSA) is 79.5 Å². The predicted octanol–water partition coefficient (Wildman–Crippen LogP) is 4.38. The van der Waals surface area contributed by atoms with Crippen molar-refractivity contribution in [1.29, 1.82) is 0 Å². The van der Waals surface area contributed by atoms with Crippen molar-refractivity contribution in [2.24, 2.45) is 0 Å². The van der Waals surface area contributed by atoms with E-state index in [2.05, 4.69) is 15.4 Å². The Kier molecular flexibility index (Phi) is 4.90. The summed E-state index contributed by atoms with van der Waals surface area (Å²) in [4.78, 5) is 17.1. The number of nitrogens with zero attached hydrogens (tertiary/aromatic N) is 3. The van der Waals surface area contributed by atoms with Crippen LogP contribution in [-0.4, -0.2) is 25.6 Å². The zero-order chi connectivity index (χ0) is 20.5. The van der Waals surface area contributed by atoms with Crippen LogP contribution >= 0.6 is 11.6 Å². The maximum Gasteiger partial charge on any atom is 0.261 e. The standard InChI is InChI=1S/C21H16ClFN4O2/c1-12-17(10-13-2-4-14(22)5-3-13)21(29)27-19(25-12)18(11-24-27)20(28)26-16-8-6-15(23)7-9-16/h2-9,11,29H,10H2,1H3,(H,26,28). The van der Waals surface area contributed by atoms with Crippen LogP contribution in [0.4, 0.5) is 10.1 Å². The number of carbonyl (C=O) groups excluding carboxylic acids is 1. The van der Waals surface area contributed by atoms with Crippen LogP contribution in [-0.2, 0) is 6.42 Å². The minimum atomic E-state index is -0.455. The molecular weight excluding hydrogens is 395 g/mol. The predicted molar refractivity (Wildman–Crippen MR) is 108 cm³/mol. The fourth-order valence-electron chi connectivity index (χ4n) is 3.03. The molecule has 4 aromatic rings. The highest BCUT2D eigenvalue weighted by Gasteiger charge is 2.20. The molecular formula is C21H16ClFN4O2. The molecule has 0 spiro atoms. The number of carbonyl (C=O) groups is 1. The monoisotopic (exact) mass is 410 g/mol. The van der Waals surface area contributed by atoms with Gasteiger partial charge in [0.15, 0.2) is 5.65 Å². The van der Waals surface area contributed by atoms with E-state index in [1.54, 1.807) is 19.1 Å². The summed E-state index contributed by atoms with van der Waals surface area (Å²) in [6.07, 6.45) is 1.78. The number of amides is 1. The molecule has 0 fully saturated rings. The molecule has 0 atom stereocenters. The van der Waals surface area contributed by atoms with Crippen molar-refractivity contribution in [1.82, 2.24) is 14.6 Å². The van der Waals surface area contributed by atoms with Gasteiger partial charge in [-0.1, -0.05) is 23.7 Å². The Hall–Kier alpha value is -3.45. The Bertz CT molecular complexity index is 1200. The van der Waals surface area contributed by atoms with Crippen LogP contribution in [0.15, 0.2) is 54.7 Å². The van der Waals surface area contributed by atoms with Crippen LogP contribution in [0, 0.1) is 12.7 Å². The highest BCUT2D eigenvalue weighted by molar-refractivity contribution is 6.30. The fraction of sp³-hybridized carbons (Fsp3) is 0.0952. The summed E-state index contributed by atoms with van der Waals surface area (Å²) >= 11 is 5.92. The van der Waals surface area contributed by atoms with E-state index in [-0.39, 0.29) is 17.1 Å². The quantitative estimate of drug-likeness (QED) is 0.523. The van der Waals surface area contributed by atoms with Gasteiger partial charge < -0.3 is 10.4 Å². The van der Waals surface area contributed by atoms with Gasteiger partial charge in [-0.25, -0.2) is 9.37 Å². The maximum atomic E-state index is 13.0. The second kappa shape index (κ2) is 7.52. The average Bonchev–Trinajstić information content (AvgIpc) is 3.12. The molecule has 0 aliphatic carbocycles. The maximum absolute atomic E-state index is 13.0. The number of hydrogen-bond donors (Lipinski definition) is 2. The summed E-state index contributed by atoms with van der Waals surface area (Å²) in [5, 5.41) is 18.1. The third-order valence-electron chi connectivity index (χ3n) is 4.57. The minimum absolute atomic E-state index is 0.0803. The smallest absolute Gasteiger partial charge is 0.261 e. The Morgan fingerprint density at radius 3 is 2.55 bits per heavy atom. The van der Waals surface area contributed by atoms with Crippen LogP contribution < -0.4 is 5.32 Å². The first-order valence-corrected chi connectivity index (χ1v) is 9.17. The lowest BCUT2D eigenvalue weighted by molar-refractivity contribution is 0.102. The summed E-state index contributed by atoms with van der Waals surface area (Å²) in [5.41, 5.74) is 3.02. The van der Waals surface area contributed by atoms with Gasteiger partial charge in [0, 0.05) is 28.4 Å². The summed E-state index contributed by atoms with van der Waals surface area (Å²) < 4.78 is 14.3. The van der Waals surface area contributed by atoms with Gasteiger partial charge in [-0.2, -0.15) is 9.61 Å². The van der Waals surface area contributed by atoms with E-state index in [0.717, 1.165) is 5.56 Å². The first-order chi connectivity index (χ1) is 13.9. The first-order valence-electron chi connectivity index (χ1n) is 8.80. The van der Waals surface area contributed by atoms with Crippen LogP contribution in [0.1, 0.15) is 27.2 Å². The number of fused-ring (bicyclic) bond motifs is 1. The van der Waals surface area contributed by atoms with E-state index in [1.807, 2.05) is 12.1 Å². The Balaban J connectivity index is 1.67. The van der Waals surface area contributed by atoms with Crippen molar-refractivity contribution < 1.29 is 14.3 Å². The van der Waals surface area contributed by atoms with Gasteiger partial charge in [-0.3, -0.25) is 4.79 Å². The van der Waals surface area contributed by atoms with Crippen molar-refractivity contribution in [2.45, 2.75) is 13.3 Å². The van der Waals surface area contributed by atoms with Crippen molar-refractivity contribution in [3.63, 3.8) is 0 Å². The molecule has 8 heteroatoms. The molecule has 2 aromatic carbocycles. The summed E-state index contributed by atoms with van der Waals surface area (Å²) in [6.45, 7) is 1.76. The van der Waals surface area contributed by atoms with Gasteiger partial charge in [0.2, 0.25) is 5.88 Å². The number of anilines is 1. The van der Waals surface area contributed by atoms with E-state index < -0.39 is 11.7 Å². The van der Waals surface area contributed by atoms with Crippen molar-refractivity contribution >= 4 is 28.8 Å². The molecule has 2 aromatic heterocycles. The number of benzene rings is 2. The van der Waals surface area contributed by atoms with Crippen molar-refractivity contribution in [3.05, 3.63) is 88.0 Å². The normalized spacial score (nSPS) is 11.0. The third-order valence-corrected chi connectivity index (χ3v) is 4.82. The Morgan fingerprint density at radius 1 is 1.17 bits per heavy atom. The SMILES string of the molecule is Cc1nc2c(C(=O)Nc3ccc(F)cc3)cnn2c(O)c1Cc1ccc(Cl)cc1. The molecule has 1 amide bonds. The molecule has 0 aliphatic heterocycles. The number of rotatable bonds is 4. The molecule has 6 nitrogen and oxygen atoms in total. The minimum Gasteiger partial charge on any atom is -0.493 e. The van der Waals surface area contributed by atoms with Gasteiger partial charge in [-0.15, -0.1) is 0 Å². The van der Waals surface area contributed by atoms with Crippen molar-refractivity contribution in [2.75, 3.05) is 5.32 Å². The average molecular weight is 411 g/mol. The molecule has 146 valence electrons. The Labute approximate surface area is 170 Å². The summed E-state index contributed by atoms with van der Waals surface area (Å²) in [5.74, 6) is -0.930. The molecule has 0 unspecified atom stereocenters. The van der Waals surface area contributed by atoms with E-state index in [9.17, 15) is 14.3 Å². The molecule has 0 radical (unpaired) electrons. The third kappa shape index (κ3) is 3.77. The molecule has 0 saturated carbocycles. The molecule has 0 bridgehead atoms. The van der Waals surface area contributed by atoms with Crippen LogP contribution in [0.5, 0.6) is 5.88 Å². The molecule has 2 N–H and O–H groups in total. The lowest BCUT2D eigenvalue weighted by Gasteiger charge is -2.10. The van der Waals surface area contributed by atoms with E-state index in [0.29, 0.717) is 28.4 Å². The summed E-state index contributed by atoms with van der Waals surface area (Å²) in [7, 11) is 0. The van der Waals surface area contributed by atoms with Gasteiger partial charge in [0.05, 0.1) is 6.20 Å². The number of aromatic hydroxyl groups is 1. The van der Waals surface area contributed by atoms with Gasteiger partial charge in [0.1, 0.15) is 11.4 Å². The van der Waals surface area contributed by atoms with E-state index >= 15 is 0 Å². The highest BCUT2D eigenvalue weighted by atomic mass is 35.5. The Morgan fingerprint density at radius 2 is 1.86 bits per heavy atom. The second-order valence-corrected chi connectivity index (χ2v) is 6.99. The van der Waals surface area contributed by atoms with E-state index in [1.165, 1.54) is 35.0 Å². The largest absolute Gasteiger partial charge is 0.493 e. The zero-order valence-electron chi connectivity index (χ0n) is 15.4. The number of aromatic nitrogens is 3. The van der Waals surface area contributed by atoms with E-state index in [4.69, 9.17) is 11.6 Å². The molecule has 29 heavy (non-hydrogen) atoms. The first kappa shape index (κ1) is 18.9. The van der Waals surface area contributed by atoms with Gasteiger partial charge in [-0.05, 0) is 48.9 Å². The molecule has 2 heterocycles. The summed E-state index contributed by atoms with van der Waals surface area (Å²) in [6, 6.07) is 12.7. The van der Waals surface area contributed by atoms with Gasteiger partial charge in [0.25, 0.3) is 5.91 Å². The number of aryl methyl sites for hydroxylation is 1. The molecule has 0 saturated heterocycles.